The van der Waals surface area contributed by atoms with Crippen molar-refractivity contribution in [1.82, 2.24) is 10.6 Å². The second kappa shape index (κ2) is 7.68. The maximum Gasteiger partial charge on any atom is 0.321 e. The van der Waals surface area contributed by atoms with Crippen LogP contribution in [0, 0.1) is 0 Å². The van der Waals surface area contributed by atoms with Crippen molar-refractivity contribution in [3.8, 4) is 0 Å². The van der Waals surface area contributed by atoms with Gasteiger partial charge in [0.25, 0.3) is 5.91 Å². The molecule has 0 saturated heterocycles. The van der Waals surface area contributed by atoms with Crippen molar-refractivity contribution in [3.05, 3.63) is 35.9 Å². The Morgan fingerprint density at radius 3 is 2.24 bits per heavy atom. The Hall–Kier alpha value is -2.37. The van der Waals surface area contributed by atoms with Crippen LogP contribution in [0.15, 0.2) is 30.3 Å². The van der Waals surface area contributed by atoms with Crippen molar-refractivity contribution in [2.45, 2.75) is 57.4 Å². The number of carbonyl (C=O) groups is 3. The molecule has 6 heteroatoms. The summed E-state index contributed by atoms with van der Waals surface area (Å²) in [7, 11) is 0. The normalized spacial score (nSPS) is 16.1. The Kier molecular flexibility index (Phi) is 5.82. The topological polar surface area (TPSA) is 84.5 Å². The lowest BCUT2D eigenvalue weighted by Gasteiger charge is -2.27. The first-order chi connectivity index (χ1) is 11.7. The summed E-state index contributed by atoms with van der Waals surface area (Å²) in [4.78, 5) is 36.2. The Balaban J connectivity index is 1.94. The van der Waals surface area contributed by atoms with E-state index < -0.39 is 35.5 Å². The maximum atomic E-state index is 12.7. The number of ether oxygens (including phenoxy) is 1. The SMILES string of the molecule is CC(C)(C)NC(=O)NC(=O)COC(=O)C1(c2ccccc2)CCCC1. The molecule has 0 heterocycles. The van der Waals surface area contributed by atoms with E-state index in [4.69, 9.17) is 4.74 Å². The molecule has 0 bridgehead atoms. The lowest BCUT2D eigenvalue weighted by atomic mass is 9.79. The van der Waals surface area contributed by atoms with Crippen molar-refractivity contribution in [1.29, 1.82) is 0 Å². The number of benzene rings is 1. The molecule has 0 unspecified atom stereocenters. The zero-order valence-electron chi connectivity index (χ0n) is 15.1. The molecule has 0 aromatic heterocycles. The summed E-state index contributed by atoms with van der Waals surface area (Å²) in [5.74, 6) is -1.04. The highest BCUT2D eigenvalue weighted by molar-refractivity contribution is 5.96. The van der Waals surface area contributed by atoms with Crippen LogP contribution >= 0.6 is 0 Å². The number of rotatable bonds is 4. The van der Waals surface area contributed by atoms with E-state index in [1.54, 1.807) is 20.8 Å². The quantitative estimate of drug-likeness (QED) is 0.821. The van der Waals surface area contributed by atoms with Gasteiger partial charge in [-0.2, -0.15) is 0 Å². The molecule has 0 atom stereocenters. The van der Waals surface area contributed by atoms with Crippen LogP contribution in [0.25, 0.3) is 0 Å². The van der Waals surface area contributed by atoms with Gasteiger partial charge >= 0.3 is 12.0 Å². The van der Waals surface area contributed by atoms with Gasteiger partial charge in [0, 0.05) is 5.54 Å². The van der Waals surface area contributed by atoms with Gasteiger partial charge in [0.15, 0.2) is 6.61 Å². The molecule has 0 radical (unpaired) electrons. The zero-order chi connectivity index (χ0) is 18.5. The third-order valence-corrected chi connectivity index (χ3v) is 4.25. The van der Waals surface area contributed by atoms with Crippen molar-refractivity contribution < 1.29 is 19.1 Å². The molecule has 6 nitrogen and oxygen atoms in total. The fraction of sp³-hybridized carbons (Fsp3) is 0.526. The highest BCUT2D eigenvalue weighted by Gasteiger charge is 2.44. The van der Waals surface area contributed by atoms with Crippen LogP contribution < -0.4 is 10.6 Å². The van der Waals surface area contributed by atoms with E-state index in [-0.39, 0.29) is 0 Å². The molecule has 3 amide bonds. The maximum absolute atomic E-state index is 12.7. The van der Waals surface area contributed by atoms with Crippen LogP contribution in [-0.4, -0.2) is 30.1 Å². The number of esters is 1. The number of hydrogen-bond acceptors (Lipinski definition) is 4. The number of amides is 3. The number of hydrogen-bond donors (Lipinski definition) is 2. The minimum atomic E-state index is -0.685. The molecule has 1 aliphatic carbocycles. The van der Waals surface area contributed by atoms with Gasteiger partial charge in [-0.3, -0.25) is 14.9 Å². The highest BCUT2D eigenvalue weighted by Crippen LogP contribution is 2.42. The second-order valence-corrected chi connectivity index (χ2v) is 7.48. The first kappa shape index (κ1) is 19.0. The van der Waals surface area contributed by atoms with Gasteiger partial charge < -0.3 is 10.1 Å². The molecule has 0 aliphatic heterocycles. The van der Waals surface area contributed by atoms with Gasteiger partial charge in [-0.25, -0.2) is 4.79 Å². The van der Waals surface area contributed by atoms with Crippen LogP contribution in [0.2, 0.25) is 0 Å². The molecule has 0 spiro atoms. The largest absolute Gasteiger partial charge is 0.455 e. The first-order valence-electron chi connectivity index (χ1n) is 8.58. The predicted molar refractivity (Wildman–Crippen MR) is 94.0 cm³/mol. The molecule has 25 heavy (non-hydrogen) atoms. The Bertz CT molecular complexity index is 629. The monoisotopic (exact) mass is 346 g/mol. The highest BCUT2D eigenvalue weighted by atomic mass is 16.5. The molecular weight excluding hydrogens is 320 g/mol. The van der Waals surface area contributed by atoms with Crippen LogP contribution in [0.4, 0.5) is 4.79 Å². The minimum absolute atomic E-state index is 0.400. The van der Waals surface area contributed by atoms with Gasteiger partial charge in [0.05, 0.1) is 5.41 Å². The molecule has 1 aromatic rings. The van der Waals surface area contributed by atoms with Gasteiger partial charge in [-0.05, 0) is 39.2 Å². The van der Waals surface area contributed by atoms with Gasteiger partial charge in [0.1, 0.15) is 0 Å². The molecule has 2 N–H and O–H groups in total. The van der Waals surface area contributed by atoms with E-state index in [0.717, 1.165) is 18.4 Å². The predicted octanol–water partition coefficient (Wildman–Crippen LogP) is 2.67. The summed E-state index contributed by atoms with van der Waals surface area (Å²) < 4.78 is 5.25. The van der Waals surface area contributed by atoms with Crippen molar-refractivity contribution >= 4 is 17.9 Å². The van der Waals surface area contributed by atoms with Crippen LogP contribution in [0.3, 0.4) is 0 Å². The first-order valence-corrected chi connectivity index (χ1v) is 8.58. The van der Waals surface area contributed by atoms with E-state index in [0.29, 0.717) is 12.8 Å². The lowest BCUT2D eigenvalue weighted by Crippen LogP contribution is -2.49. The van der Waals surface area contributed by atoms with Gasteiger partial charge in [0.2, 0.25) is 0 Å². The summed E-state index contributed by atoms with van der Waals surface area (Å²) >= 11 is 0. The van der Waals surface area contributed by atoms with E-state index in [1.165, 1.54) is 0 Å². The smallest absolute Gasteiger partial charge is 0.321 e. The number of nitrogens with one attached hydrogen (secondary N) is 2. The Labute approximate surface area is 148 Å². The van der Waals surface area contributed by atoms with E-state index >= 15 is 0 Å². The molecule has 1 aromatic carbocycles. The average Bonchev–Trinajstić information content (AvgIpc) is 3.02. The van der Waals surface area contributed by atoms with Gasteiger partial charge in [-0.15, -0.1) is 0 Å². The molecule has 1 aliphatic rings. The zero-order valence-corrected chi connectivity index (χ0v) is 15.1. The fourth-order valence-electron chi connectivity index (χ4n) is 3.15. The second-order valence-electron chi connectivity index (χ2n) is 7.48. The van der Waals surface area contributed by atoms with Crippen molar-refractivity contribution in [3.63, 3.8) is 0 Å². The molecule has 1 fully saturated rings. The third-order valence-electron chi connectivity index (χ3n) is 4.25. The number of urea groups is 1. The van der Waals surface area contributed by atoms with E-state index in [1.807, 2.05) is 30.3 Å². The van der Waals surface area contributed by atoms with Crippen LogP contribution in [0.5, 0.6) is 0 Å². The Morgan fingerprint density at radius 2 is 1.68 bits per heavy atom. The molecular formula is C19H26N2O4. The molecule has 1 saturated carbocycles. The summed E-state index contributed by atoms with van der Waals surface area (Å²) in [6, 6.07) is 8.93. The summed E-state index contributed by atoms with van der Waals surface area (Å²) in [6.07, 6.45) is 3.32. The average molecular weight is 346 g/mol. The molecule has 2 rings (SSSR count). The standard InChI is InChI=1S/C19H26N2O4/c1-18(2,3)21-17(24)20-15(22)13-25-16(23)19(11-7-8-12-19)14-9-5-4-6-10-14/h4-6,9-10H,7-8,11-13H2,1-3H3,(H2,20,21,22,24). The summed E-state index contributed by atoms with van der Waals surface area (Å²) in [6.45, 7) is 4.95. The van der Waals surface area contributed by atoms with Gasteiger partial charge in [-0.1, -0.05) is 43.2 Å². The van der Waals surface area contributed by atoms with E-state index in [2.05, 4.69) is 10.6 Å². The third kappa shape index (κ3) is 5.05. The van der Waals surface area contributed by atoms with Crippen molar-refractivity contribution in [2.75, 3.05) is 6.61 Å². The van der Waals surface area contributed by atoms with Crippen LogP contribution in [-0.2, 0) is 19.7 Å². The lowest BCUT2D eigenvalue weighted by molar-refractivity contribution is -0.154. The van der Waals surface area contributed by atoms with Crippen molar-refractivity contribution in [2.24, 2.45) is 0 Å². The van der Waals surface area contributed by atoms with Crippen LogP contribution in [0.1, 0.15) is 52.0 Å². The summed E-state index contributed by atoms with van der Waals surface area (Å²) in [5.41, 5.74) is -0.222. The fourth-order valence-corrected chi connectivity index (χ4v) is 3.15. The molecule has 136 valence electrons. The summed E-state index contributed by atoms with van der Waals surface area (Å²) in [5, 5.41) is 4.78. The minimum Gasteiger partial charge on any atom is -0.455 e. The number of imide groups is 1. The van der Waals surface area contributed by atoms with E-state index in [9.17, 15) is 14.4 Å². The Morgan fingerprint density at radius 1 is 1.08 bits per heavy atom. The number of carbonyl (C=O) groups excluding carboxylic acids is 3.